The molecular weight excluding hydrogens is 482 g/mol. The van der Waals surface area contributed by atoms with Crippen LogP contribution in [-0.2, 0) is 27.3 Å². The molecule has 2 aliphatic heterocycles. The Bertz CT molecular complexity index is 1240. The smallest absolute Gasteiger partial charge is 0.410 e. The van der Waals surface area contributed by atoms with Crippen molar-refractivity contribution < 1.29 is 23.9 Å². The average molecular weight is 518 g/mol. The standard InChI is InChI=1S/C30H35N3O5/c1-30(2,3)38-29(36)32-17-16-25-26(32)23(18-33(25)28(35)37-19-20-10-5-4-6-11-20)27(34)31-24-15-9-13-21-12-7-8-14-22(21)24/h4-7,9-13,15,23,25-26H,8,14,16-19H2,1-3H3,(H,31,34)/t23-,25+,26?/m0/s1. The maximum Gasteiger partial charge on any atom is 0.410 e. The van der Waals surface area contributed by atoms with Gasteiger partial charge in [-0.05, 0) is 62.8 Å². The molecule has 5 rings (SSSR count). The summed E-state index contributed by atoms with van der Waals surface area (Å²) < 4.78 is 11.3. The second-order valence-corrected chi connectivity index (χ2v) is 11.1. The lowest BCUT2D eigenvalue weighted by Crippen LogP contribution is -2.47. The molecule has 2 heterocycles. The lowest BCUT2D eigenvalue weighted by Gasteiger charge is -2.30. The van der Waals surface area contributed by atoms with Gasteiger partial charge in [0.05, 0.1) is 18.0 Å². The molecule has 3 atom stereocenters. The zero-order chi connectivity index (χ0) is 26.9. The molecule has 38 heavy (non-hydrogen) atoms. The van der Waals surface area contributed by atoms with Gasteiger partial charge in [0.15, 0.2) is 0 Å². The Hall–Kier alpha value is -3.81. The van der Waals surface area contributed by atoms with Gasteiger partial charge in [-0.2, -0.15) is 0 Å². The molecule has 200 valence electrons. The van der Waals surface area contributed by atoms with E-state index in [9.17, 15) is 14.4 Å². The summed E-state index contributed by atoms with van der Waals surface area (Å²) in [6.45, 7) is 6.17. The predicted molar refractivity (Wildman–Crippen MR) is 144 cm³/mol. The van der Waals surface area contributed by atoms with E-state index in [-0.39, 0.29) is 25.1 Å². The SMILES string of the molecule is CC(C)(C)OC(=O)N1CC[C@@H]2C1[C@@H](C(=O)Nc1cccc3c1CCC=C3)CN2C(=O)OCc1ccccc1. The molecule has 1 aliphatic carbocycles. The van der Waals surface area contributed by atoms with E-state index in [1.54, 1.807) is 9.80 Å². The van der Waals surface area contributed by atoms with Crippen molar-refractivity contribution in [1.29, 1.82) is 0 Å². The van der Waals surface area contributed by atoms with Crippen LogP contribution in [0, 0.1) is 5.92 Å². The average Bonchev–Trinajstić information content (AvgIpc) is 3.48. The summed E-state index contributed by atoms with van der Waals surface area (Å²) in [6.07, 6.45) is 5.58. The Kier molecular flexibility index (Phi) is 7.15. The number of carbonyl (C=O) groups is 3. The molecular formula is C30H35N3O5. The van der Waals surface area contributed by atoms with Crippen LogP contribution in [0.3, 0.4) is 0 Å². The van der Waals surface area contributed by atoms with Crippen LogP contribution in [0.1, 0.15) is 50.3 Å². The van der Waals surface area contributed by atoms with Crippen LogP contribution >= 0.6 is 0 Å². The van der Waals surface area contributed by atoms with Gasteiger partial charge in [0.25, 0.3) is 0 Å². The molecule has 0 saturated carbocycles. The lowest BCUT2D eigenvalue weighted by molar-refractivity contribution is -0.120. The second-order valence-electron chi connectivity index (χ2n) is 11.1. The number of benzene rings is 2. The number of hydrogen-bond acceptors (Lipinski definition) is 5. The predicted octanol–water partition coefficient (Wildman–Crippen LogP) is 5.23. The van der Waals surface area contributed by atoms with Gasteiger partial charge in [0.2, 0.25) is 5.91 Å². The quantitative estimate of drug-likeness (QED) is 0.600. The number of nitrogens with zero attached hydrogens (tertiary/aromatic N) is 2. The van der Waals surface area contributed by atoms with Gasteiger partial charge in [0.1, 0.15) is 12.2 Å². The molecule has 8 heteroatoms. The topological polar surface area (TPSA) is 88.2 Å². The number of hydrogen-bond donors (Lipinski definition) is 1. The lowest BCUT2D eigenvalue weighted by atomic mass is 9.94. The van der Waals surface area contributed by atoms with Crippen LogP contribution in [0.4, 0.5) is 15.3 Å². The second kappa shape index (κ2) is 10.5. The van der Waals surface area contributed by atoms with E-state index >= 15 is 0 Å². The van der Waals surface area contributed by atoms with Crippen molar-refractivity contribution in [1.82, 2.24) is 9.80 Å². The number of anilines is 1. The van der Waals surface area contributed by atoms with Gasteiger partial charge in [-0.15, -0.1) is 0 Å². The summed E-state index contributed by atoms with van der Waals surface area (Å²) in [5, 5.41) is 3.12. The molecule has 0 bridgehead atoms. The molecule has 1 N–H and O–H groups in total. The van der Waals surface area contributed by atoms with Crippen molar-refractivity contribution in [2.45, 2.75) is 64.3 Å². The van der Waals surface area contributed by atoms with Crippen LogP contribution in [0.15, 0.2) is 54.6 Å². The van der Waals surface area contributed by atoms with E-state index < -0.39 is 29.7 Å². The molecule has 2 aromatic carbocycles. The van der Waals surface area contributed by atoms with E-state index in [1.807, 2.05) is 69.3 Å². The van der Waals surface area contributed by atoms with E-state index in [0.717, 1.165) is 35.2 Å². The molecule has 3 aliphatic rings. The number of nitrogens with one attached hydrogen (secondary N) is 1. The van der Waals surface area contributed by atoms with E-state index in [2.05, 4.69) is 17.5 Å². The van der Waals surface area contributed by atoms with Crippen molar-refractivity contribution >= 4 is 29.9 Å². The number of fused-ring (bicyclic) bond motifs is 2. The maximum atomic E-state index is 13.8. The first kappa shape index (κ1) is 25.8. The molecule has 0 aromatic heterocycles. The van der Waals surface area contributed by atoms with Gasteiger partial charge in [-0.3, -0.25) is 4.79 Å². The van der Waals surface area contributed by atoms with E-state index in [4.69, 9.17) is 9.47 Å². The minimum Gasteiger partial charge on any atom is -0.445 e. The Morgan fingerprint density at radius 3 is 2.55 bits per heavy atom. The van der Waals surface area contributed by atoms with Crippen molar-refractivity contribution in [2.24, 2.45) is 5.92 Å². The molecule has 8 nitrogen and oxygen atoms in total. The zero-order valence-electron chi connectivity index (χ0n) is 22.2. The van der Waals surface area contributed by atoms with Gasteiger partial charge in [-0.25, -0.2) is 9.59 Å². The normalized spacial score (nSPS) is 22.0. The zero-order valence-corrected chi connectivity index (χ0v) is 22.2. The number of ether oxygens (including phenoxy) is 2. The Balaban J connectivity index is 1.37. The first-order valence-electron chi connectivity index (χ1n) is 13.3. The Morgan fingerprint density at radius 2 is 1.79 bits per heavy atom. The van der Waals surface area contributed by atoms with Gasteiger partial charge in [0, 0.05) is 18.8 Å². The molecule has 3 amide bonds. The fourth-order valence-corrected chi connectivity index (χ4v) is 5.68. The van der Waals surface area contributed by atoms with Gasteiger partial charge >= 0.3 is 12.2 Å². The minimum absolute atomic E-state index is 0.143. The van der Waals surface area contributed by atoms with Crippen LogP contribution < -0.4 is 5.32 Å². The highest BCUT2D eigenvalue weighted by molar-refractivity contribution is 5.95. The summed E-state index contributed by atoms with van der Waals surface area (Å²) in [4.78, 5) is 43.3. The number of rotatable bonds is 4. The Labute approximate surface area is 223 Å². The molecule has 2 fully saturated rings. The van der Waals surface area contributed by atoms with Crippen LogP contribution in [0.5, 0.6) is 0 Å². The largest absolute Gasteiger partial charge is 0.445 e. The van der Waals surface area contributed by atoms with Gasteiger partial charge in [-0.1, -0.05) is 54.6 Å². The summed E-state index contributed by atoms with van der Waals surface area (Å²) >= 11 is 0. The number of allylic oxidation sites excluding steroid dienone is 1. The first-order valence-corrected chi connectivity index (χ1v) is 13.3. The van der Waals surface area contributed by atoms with E-state index in [0.29, 0.717) is 13.0 Å². The van der Waals surface area contributed by atoms with Crippen LogP contribution in [-0.4, -0.2) is 58.7 Å². The first-order chi connectivity index (χ1) is 18.2. The van der Waals surface area contributed by atoms with Crippen molar-refractivity contribution in [3.63, 3.8) is 0 Å². The Morgan fingerprint density at radius 1 is 1.00 bits per heavy atom. The third-order valence-electron chi connectivity index (χ3n) is 7.36. The third kappa shape index (κ3) is 5.39. The molecule has 0 spiro atoms. The van der Waals surface area contributed by atoms with Crippen molar-refractivity contribution in [3.8, 4) is 0 Å². The molecule has 1 unspecified atom stereocenters. The van der Waals surface area contributed by atoms with Crippen LogP contribution in [0.25, 0.3) is 6.08 Å². The molecule has 2 aromatic rings. The highest BCUT2D eigenvalue weighted by Crippen LogP contribution is 2.38. The highest BCUT2D eigenvalue weighted by Gasteiger charge is 2.55. The fraction of sp³-hybridized carbons (Fsp3) is 0.433. The number of carbonyl (C=O) groups excluding carboxylic acids is 3. The van der Waals surface area contributed by atoms with E-state index in [1.165, 1.54) is 0 Å². The maximum absolute atomic E-state index is 13.8. The summed E-state index contributed by atoms with van der Waals surface area (Å²) in [5.74, 6) is -0.828. The fourth-order valence-electron chi connectivity index (χ4n) is 5.68. The highest BCUT2D eigenvalue weighted by atomic mass is 16.6. The van der Waals surface area contributed by atoms with Crippen molar-refractivity contribution in [2.75, 3.05) is 18.4 Å². The summed E-state index contributed by atoms with van der Waals surface area (Å²) in [6, 6.07) is 14.5. The summed E-state index contributed by atoms with van der Waals surface area (Å²) in [5.41, 5.74) is 3.19. The van der Waals surface area contributed by atoms with Crippen LogP contribution in [0.2, 0.25) is 0 Å². The van der Waals surface area contributed by atoms with Gasteiger partial charge < -0.3 is 24.6 Å². The number of amides is 3. The number of likely N-dealkylation sites (tertiary alicyclic amines) is 2. The summed E-state index contributed by atoms with van der Waals surface area (Å²) in [7, 11) is 0. The minimum atomic E-state index is -0.670. The van der Waals surface area contributed by atoms with Crippen molar-refractivity contribution in [3.05, 3.63) is 71.3 Å². The monoisotopic (exact) mass is 517 g/mol. The molecule has 0 radical (unpaired) electrons. The third-order valence-corrected chi connectivity index (χ3v) is 7.36. The molecule has 2 saturated heterocycles.